The third-order valence-electron chi connectivity index (χ3n) is 3.30. The highest BCUT2D eigenvalue weighted by molar-refractivity contribution is 5.81. The van der Waals surface area contributed by atoms with Gasteiger partial charge in [0.05, 0.1) is 0 Å². The van der Waals surface area contributed by atoms with Crippen molar-refractivity contribution >= 4 is 11.8 Å². The van der Waals surface area contributed by atoms with Crippen LogP contribution in [-0.2, 0) is 4.79 Å². The van der Waals surface area contributed by atoms with Crippen molar-refractivity contribution in [3.05, 3.63) is 0 Å². The molecule has 2 rings (SSSR count). The van der Waals surface area contributed by atoms with Crippen molar-refractivity contribution in [3.8, 4) is 0 Å². The number of nitrogens with zero attached hydrogens (tertiary/aromatic N) is 1. The molecule has 2 aliphatic rings. The molecular weight excluding hydrogens is 194 g/mol. The number of primary amides is 1. The molecule has 0 spiro atoms. The SMILES string of the molecule is NC(=O)NC1CCN(C2CCC(=O)C2)C1. The van der Waals surface area contributed by atoms with Gasteiger partial charge >= 0.3 is 6.03 Å². The van der Waals surface area contributed by atoms with Gasteiger partial charge in [-0.2, -0.15) is 0 Å². The molecule has 0 radical (unpaired) electrons. The van der Waals surface area contributed by atoms with E-state index in [1.165, 1.54) is 0 Å². The van der Waals surface area contributed by atoms with Crippen molar-refractivity contribution < 1.29 is 9.59 Å². The van der Waals surface area contributed by atoms with Crippen LogP contribution in [0.5, 0.6) is 0 Å². The number of rotatable bonds is 2. The van der Waals surface area contributed by atoms with E-state index in [0.29, 0.717) is 18.2 Å². The normalized spacial score (nSPS) is 32.1. The molecule has 2 atom stereocenters. The van der Waals surface area contributed by atoms with Gasteiger partial charge in [0.15, 0.2) is 0 Å². The van der Waals surface area contributed by atoms with E-state index in [-0.39, 0.29) is 6.04 Å². The number of ketones is 1. The van der Waals surface area contributed by atoms with Crippen molar-refractivity contribution in [3.63, 3.8) is 0 Å². The van der Waals surface area contributed by atoms with Crippen LogP contribution in [0, 0.1) is 0 Å². The highest BCUT2D eigenvalue weighted by Gasteiger charge is 2.32. The summed E-state index contributed by atoms with van der Waals surface area (Å²) in [6.07, 6.45) is 3.31. The predicted octanol–water partition coefficient (Wildman–Crippen LogP) is -0.149. The van der Waals surface area contributed by atoms with Crippen LogP contribution in [0.2, 0.25) is 0 Å². The first-order valence-electron chi connectivity index (χ1n) is 5.47. The molecule has 0 aromatic heterocycles. The first-order valence-corrected chi connectivity index (χ1v) is 5.47. The third-order valence-corrected chi connectivity index (χ3v) is 3.30. The molecule has 84 valence electrons. The number of urea groups is 1. The molecule has 0 aromatic carbocycles. The second-order valence-electron chi connectivity index (χ2n) is 4.42. The summed E-state index contributed by atoms with van der Waals surface area (Å²) in [5.74, 6) is 0.367. The highest BCUT2D eigenvalue weighted by Crippen LogP contribution is 2.24. The lowest BCUT2D eigenvalue weighted by atomic mass is 10.2. The molecule has 15 heavy (non-hydrogen) atoms. The van der Waals surface area contributed by atoms with Crippen LogP contribution in [-0.4, -0.2) is 41.9 Å². The van der Waals surface area contributed by atoms with Crippen molar-refractivity contribution in [2.45, 2.75) is 37.8 Å². The smallest absolute Gasteiger partial charge is 0.312 e. The van der Waals surface area contributed by atoms with Gasteiger partial charge in [0, 0.05) is 38.0 Å². The fourth-order valence-corrected chi connectivity index (χ4v) is 2.54. The summed E-state index contributed by atoms with van der Waals surface area (Å²) in [6, 6.07) is 0.111. The molecule has 5 nitrogen and oxygen atoms in total. The zero-order valence-electron chi connectivity index (χ0n) is 8.74. The Morgan fingerprint density at radius 3 is 2.87 bits per heavy atom. The fraction of sp³-hybridized carbons (Fsp3) is 0.800. The average Bonchev–Trinajstić information content (AvgIpc) is 2.72. The number of amides is 2. The quantitative estimate of drug-likeness (QED) is 0.667. The van der Waals surface area contributed by atoms with Crippen LogP contribution in [0.4, 0.5) is 4.79 Å². The Morgan fingerprint density at radius 2 is 2.27 bits per heavy atom. The first kappa shape index (κ1) is 10.4. The van der Waals surface area contributed by atoms with Crippen molar-refractivity contribution in [1.29, 1.82) is 0 Å². The van der Waals surface area contributed by atoms with Crippen LogP contribution in [0.1, 0.15) is 25.7 Å². The highest BCUT2D eigenvalue weighted by atomic mass is 16.2. The summed E-state index contributed by atoms with van der Waals surface area (Å²) in [5.41, 5.74) is 5.07. The third kappa shape index (κ3) is 2.47. The van der Waals surface area contributed by atoms with E-state index in [2.05, 4.69) is 10.2 Å². The van der Waals surface area contributed by atoms with Crippen LogP contribution in [0.15, 0.2) is 0 Å². The van der Waals surface area contributed by atoms with Crippen LogP contribution in [0.3, 0.4) is 0 Å². The van der Waals surface area contributed by atoms with Gasteiger partial charge < -0.3 is 11.1 Å². The minimum atomic E-state index is -0.454. The van der Waals surface area contributed by atoms with Gasteiger partial charge in [0.25, 0.3) is 0 Å². The number of Topliss-reactive ketones (excluding diaryl/α,β-unsaturated/α-hetero) is 1. The number of carbonyl (C=O) groups is 2. The monoisotopic (exact) mass is 211 g/mol. The number of nitrogens with one attached hydrogen (secondary N) is 1. The molecule has 1 saturated carbocycles. The standard InChI is InChI=1S/C10H17N3O2/c11-10(15)12-7-3-4-13(6-7)8-1-2-9(14)5-8/h7-8H,1-6H2,(H3,11,12,15). The second-order valence-corrected chi connectivity index (χ2v) is 4.42. The lowest BCUT2D eigenvalue weighted by Gasteiger charge is -2.22. The van der Waals surface area contributed by atoms with Crippen molar-refractivity contribution in [2.75, 3.05) is 13.1 Å². The molecule has 1 aliphatic heterocycles. The van der Waals surface area contributed by atoms with Gasteiger partial charge in [-0.15, -0.1) is 0 Å². The maximum Gasteiger partial charge on any atom is 0.312 e. The van der Waals surface area contributed by atoms with E-state index < -0.39 is 6.03 Å². The van der Waals surface area contributed by atoms with E-state index in [4.69, 9.17) is 5.73 Å². The number of nitrogens with two attached hydrogens (primary N) is 1. The lowest BCUT2D eigenvalue weighted by molar-refractivity contribution is -0.117. The topological polar surface area (TPSA) is 75.4 Å². The number of carbonyl (C=O) groups excluding carboxylic acids is 2. The Hall–Kier alpha value is -1.10. The van der Waals surface area contributed by atoms with Gasteiger partial charge in [-0.1, -0.05) is 0 Å². The number of hydrogen-bond acceptors (Lipinski definition) is 3. The van der Waals surface area contributed by atoms with E-state index in [0.717, 1.165) is 32.4 Å². The van der Waals surface area contributed by atoms with E-state index in [1.54, 1.807) is 0 Å². The summed E-state index contributed by atoms with van der Waals surface area (Å²) in [6.45, 7) is 1.80. The molecule has 1 heterocycles. The number of hydrogen-bond donors (Lipinski definition) is 2. The Labute approximate surface area is 89.0 Å². The summed E-state index contributed by atoms with van der Waals surface area (Å²) in [7, 11) is 0. The summed E-state index contributed by atoms with van der Waals surface area (Å²) < 4.78 is 0. The Morgan fingerprint density at radius 1 is 1.47 bits per heavy atom. The molecule has 0 aromatic rings. The van der Waals surface area contributed by atoms with E-state index in [1.807, 2.05) is 0 Å². The maximum absolute atomic E-state index is 11.2. The van der Waals surface area contributed by atoms with E-state index in [9.17, 15) is 9.59 Å². The molecular formula is C10H17N3O2. The zero-order valence-corrected chi connectivity index (χ0v) is 8.74. The summed E-state index contributed by atoms with van der Waals surface area (Å²) >= 11 is 0. The fourth-order valence-electron chi connectivity index (χ4n) is 2.54. The van der Waals surface area contributed by atoms with Gasteiger partial charge in [0.2, 0.25) is 0 Å². The first-order chi connectivity index (χ1) is 7.15. The van der Waals surface area contributed by atoms with Crippen molar-refractivity contribution in [2.24, 2.45) is 5.73 Å². The summed E-state index contributed by atoms with van der Waals surface area (Å²) in [5, 5.41) is 2.72. The second kappa shape index (κ2) is 4.18. The molecule has 3 N–H and O–H groups in total. The number of likely N-dealkylation sites (tertiary alicyclic amines) is 1. The average molecular weight is 211 g/mol. The molecule has 1 aliphatic carbocycles. The van der Waals surface area contributed by atoms with Gasteiger partial charge in [-0.25, -0.2) is 4.79 Å². The van der Waals surface area contributed by atoms with Gasteiger partial charge in [-0.3, -0.25) is 9.69 Å². The Kier molecular flexibility index (Phi) is 2.90. The van der Waals surface area contributed by atoms with Gasteiger partial charge in [-0.05, 0) is 12.8 Å². The minimum absolute atomic E-state index is 0.165. The Balaban J connectivity index is 1.82. The summed E-state index contributed by atoms with van der Waals surface area (Å²) in [4.78, 5) is 24.1. The lowest BCUT2D eigenvalue weighted by Crippen LogP contribution is -2.41. The molecule has 2 unspecified atom stereocenters. The predicted molar refractivity (Wildman–Crippen MR) is 55.3 cm³/mol. The van der Waals surface area contributed by atoms with Crippen LogP contribution >= 0.6 is 0 Å². The molecule has 2 fully saturated rings. The molecule has 5 heteroatoms. The minimum Gasteiger partial charge on any atom is -0.352 e. The van der Waals surface area contributed by atoms with E-state index >= 15 is 0 Å². The van der Waals surface area contributed by atoms with Crippen molar-refractivity contribution in [1.82, 2.24) is 10.2 Å². The van der Waals surface area contributed by atoms with Crippen LogP contribution < -0.4 is 11.1 Å². The molecule has 2 amide bonds. The zero-order chi connectivity index (χ0) is 10.8. The molecule has 0 bridgehead atoms. The molecule has 1 saturated heterocycles. The largest absolute Gasteiger partial charge is 0.352 e. The van der Waals surface area contributed by atoms with Crippen LogP contribution in [0.25, 0.3) is 0 Å². The Bertz CT molecular complexity index is 280. The van der Waals surface area contributed by atoms with Gasteiger partial charge in [0.1, 0.15) is 5.78 Å². The maximum atomic E-state index is 11.2.